The van der Waals surface area contributed by atoms with Gasteiger partial charge >= 0.3 is 0 Å². The minimum atomic E-state index is -0.0626. The fourth-order valence-corrected chi connectivity index (χ4v) is 2.71. The van der Waals surface area contributed by atoms with Gasteiger partial charge in [0.25, 0.3) is 0 Å². The average Bonchev–Trinajstić information content (AvgIpc) is 2.41. The van der Waals surface area contributed by atoms with E-state index in [2.05, 4.69) is 22.2 Å². The first-order valence-corrected chi connectivity index (χ1v) is 7.41. The number of carbonyl (C=O) groups is 1. The summed E-state index contributed by atoms with van der Waals surface area (Å²) in [5, 5.41) is 2.74. The summed E-state index contributed by atoms with van der Waals surface area (Å²) in [4.78, 5) is 15.8. The second-order valence-electron chi connectivity index (χ2n) is 5.38. The first-order valence-electron chi connectivity index (χ1n) is 6.97. The monoisotopic (exact) mass is 295 g/mol. The Morgan fingerprint density at radius 2 is 2.05 bits per heavy atom. The van der Waals surface area contributed by atoms with Crippen molar-refractivity contribution in [3.8, 4) is 0 Å². The molecule has 0 aromatic heterocycles. The number of anilines is 1. The number of amides is 1. The second kappa shape index (κ2) is 7.07. The van der Waals surface area contributed by atoms with Crippen molar-refractivity contribution in [1.29, 1.82) is 0 Å². The highest BCUT2D eigenvalue weighted by molar-refractivity contribution is 6.21. The number of halogens is 1. The van der Waals surface area contributed by atoms with Gasteiger partial charge in [-0.3, -0.25) is 9.69 Å². The zero-order valence-electron chi connectivity index (χ0n) is 12.1. The molecule has 2 rings (SSSR count). The van der Waals surface area contributed by atoms with Crippen molar-refractivity contribution in [2.24, 2.45) is 0 Å². The summed E-state index contributed by atoms with van der Waals surface area (Å²) < 4.78 is 0. The number of hydrogen-bond acceptors (Lipinski definition) is 3. The largest absolute Gasteiger partial charge is 0.326 e. The molecule has 0 saturated carbocycles. The summed E-state index contributed by atoms with van der Waals surface area (Å²) >= 11 is 6.52. The zero-order chi connectivity index (χ0) is 14.5. The maximum absolute atomic E-state index is 11.1. The van der Waals surface area contributed by atoms with Gasteiger partial charge in [0.05, 0.1) is 5.38 Å². The Morgan fingerprint density at radius 3 is 2.70 bits per heavy atom. The maximum atomic E-state index is 11.1. The summed E-state index contributed by atoms with van der Waals surface area (Å²) in [6.07, 6.45) is 0. The smallest absolute Gasteiger partial charge is 0.221 e. The van der Waals surface area contributed by atoms with Crippen LogP contribution in [0.25, 0.3) is 0 Å². The molecule has 0 aliphatic carbocycles. The number of piperazine rings is 1. The van der Waals surface area contributed by atoms with Crippen molar-refractivity contribution in [3.63, 3.8) is 0 Å². The van der Waals surface area contributed by atoms with Gasteiger partial charge in [-0.1, -0.05) is 12.1 Å². The third-order valence-corrected chi connectivity index (χ3v) is 3.97. The Kier molecular flexibility index (Phi) is 5.40. The molecular weight excluding hydrogens is 274 g/mol. The lowest BCUT2D eigenvalue weighted by molar-refractivity contribution is -0.114. The Labute approximate surface area is 125 Å². The minimum absolute atomic E-state index is 0.0490. The van der Waals surface area contributed by atoms with Gasteiger partial charge in [0, 0.05) is 45.3 Å². The van der Waals surface area contributed by atoms with E-state index in [0.29, 0.717) is 0 Å². The van der Waals surface area contributed by atoms with Crippen molar-refractivity contribution in [3.05, 3.63) is 29.8 Å². The molecule has 1 aliphatic rings. The van der Waals surface area contributed by atoms with Gasteiger partial charge in [-0.05, 0) is 24.7 Å². The molecule has 1 unspecified atom stereocenters. The molecule has 1 aromatic carbocycles. The molecule has 1 amide bonds. The third kappa shape index (κ3) is 4.47. The Bertz CT molecular complexity index is 458. The molecule has 0 spiro atoms. The fraction of sp³-hybridized carbons (Fsp3) is 0.533. The minimum Gasteiger partial charge on any atom is -0.326 e. The Morgan fingerprint density at radius 1 is 1.35 bits per heavy atom. The number of likely N-dealkylation sites (N-methyl/N-ethyl adjacent to an activating group) is 1. The van der Waals surface area contributed by atoms with Crippen molar-refractivity contribution in [2.45, 2.75) is 12.3 Å². The number of hydrogen-bond donors (Lipinski definition) is 1. The highest BCUT2D eigenvalue weighted by Crippen LogP contribution is 2.24. The van der Waals surface area contributed by atoms with E-state index in [4.69, 9.17) is 11.6 Å². The lowest BCUT2D eigenvalue weighted by Gasteiger charge is -2.33. The van der Waals surface area contributed by atoms with Gasteiger partial charge in [0.1, 0.15) is 0 Å². The van der Waals surface area contributed by atoms with E-state index in [0.717, 1.165) is 44.0 Å². The lowest BCUT2D eigenvalue weighted by atomic mass is 10.1. The Hall–Kier alpha value is -1.10. The van der Waals surface area contributed by atoms with Crippen molar-refractivity contribution in [1.82, 2.24) is 9.80 Å². The fourth-order valence-electron chi connectivity index (χ4n) is 2.38. The zero-order valence-corrected chi connectivity index (χ0v) is 12.9. The van der Waals surface area contributed by atoms with Crippen LogP contribution in [0.15, 0.2) is 24.3 Å². The predicted octanol–water partition coefficient (Wildman–Crippen LogP) is 2.17. The highest BCUT2D eigenvalue weighted by Gasteiger charge is 2.18. The molecule has 4 nitrogen and oxygen atoms in total. The summed E-state index contributed by atoms with van der Waals surface area (Å²) in [6.45, 7) is 6.66. The lowest BCUT2D eigenvalue weighted by Crippen LogP contribution is -2.45. The summed E-state index contributed by atoms with van der Waals surface area (Å²) in [7, 11) is 2.15. The van der Waals surface area contributed by atoms with E-state index >= 15 is 0 Å². The van der Waals surface area contributed by atoms with Gasteiger partial charge in [0.2, 0.25) is 5.91 Å². The van der Waals surface area contributed by atoms with E-state index in [-0.39, 0.29) is 11.3 Å². The van der Waals surface area contributed by atoms with E-state index in [9.17, 15) is 4.79 Å². The highest BCUT2D eigenvalue weighted by atomic mass is 35.5. The first kappa shape index (κ1) is 15.3. The normalized spacial score (nSPS) is 18.8. The first-order chi connectivity index (χ1) is 9.54. The second-order valence-corrected chi connectivity index (χ2v) is 5.90. The van der Waals surface area contributed by atoms with Crippen molar-refractivity contribution >= 4 is 23.2 Å². The number of alkyl halides is 1. The molecule has 0 radical (unpaired) electrons. The average molecular weight is 296 g/mol. The summed E-state index contributed by atoms with van der Waals surface area (Å²) in [6, 6.07) is 7.78. The SMILES string of the molecule is CC(=O)Nc1cccc(C(Cl)CN2CCN(C)CC2)c1. The van der Waals surface area contributed by atoms with Gasteiger partial charge in [-0.25, -0.2) is 0 Å². The van der Waals surface area contributed by atoms with Gasteiger partial charge in [-0.15, -0.1) is 11.6 Å². The molecule has 0 bridgehead atoms. The molecule has 1 saturated heterocycles. The molecule has 1 aliphatic heterocycles. The van der Waals surface area contributed by atoms with Gasteiger partial charge in [0.15, 0.2) is 0 Å². The van der Waals surface area contributed by atoms with Crippen LogP contribution in [-0.4, -0.2) is 55.5 Å². The van der Waals surface area contributed by atoms with Crippen molar-refractivity contribution in [2.75, 3.05) is 45.1 Å². The molecule has 1 fully saturated rings. The quantitative estimate of drug-likeness (QED) is 0.865. The molecular formula is C15H22ClN3O. The van der Waals surface area contributed by atoms with E-state index in [1.807, 2.05) is 24.3 Å². The van der Waals surface area contributed by atoms with Crippen LogP contribution in [0, 0.1) is 0 Å². The van der Waals surface area contributed by atoms with Crippen LogP contribution < -0.4 is 5.32 Å². The van der Waals surface area contributed by atoms with Crippen LogP contribution >= 0.6 is 11.6 Å². The van der Waals surface area contributed by atoms with E-state index in [1.165, 1.54) is 6.92 Å². The van der Waals surface area contributed by atoms with Crippen LogP contribution in [0.4, 0.5) is 5.69 Å². The summed E-state index contributed by atoms with van der Waals surface area (Å²) in [5.41, 5.74) is 1.86. The van der Waals surface area contributed by atoms with Crippen LogP contribution in [0.5, 0.6) is 0 Å². The molecule has 1 heterocycles. The van der Waals surface area contributed by atoms with E-state index in [1.54, 1.807) is 0 Å². The molecule has 5 heteroatoms. The molecule has 20 heavy (non-hydrogen) atoms. The van der Waals surface area contributed by atoms with Crippen molar-refractivity contribution < 1.29 is 4.79 Å². The molecule has 1 N–H and O–H groups in total. The van der Waals surface area contributed by atoms with Crippen LogP contribution in [-0.2, 0) is 4.79 Å². The number of rotatable bonds is 4. The van der Waals surface area contributed by atoms with E-state index < -0.39 is 0 Å². The number of nitrogens with zero attached hydrogens (tertiary/aromatic N) is 2. The van der Waals surface area contributed by atoms with Crippen LogP contribution in [0.2, 0.25) is 0 Å². The number of carbonyl (C=O) groups excluding carboxylic acids is 1. The predicted molar refractivity (Wildman–Crippen MR) is 83.3 cm³/mol. The van der Waals surface area contributed by atoms with Gasteiger partial charge < -0.3 is 10.2 Å². The molecule has 1 atom stereocenters. The standard InChI is InChI=1S/C15H22ClN3O/c1-12(20)17-14-5-3-4-13(10-14)15(16)11-19-8-6-18(2)7-9-19/h3-5,10,15H,6-9,11H2,1-2H3,(H,17,20). The molecule has 1 aromatic rings. The van der Waals surface area contributed by atoms with Crippen LogP contribution in [0.3, 0.4) is 0 Å². The number of nitrogens with one attached hydrogen (secondary N) is 1. The number of benzene rings is 1. The summed E-state index contributed by atoms with van der Waals surface area (Å²) in [5.74, 6) is -0.0626. The Balaban J connectivity index is 1.94. The topological polar surface area (TPSA) is 35.6 Å². The third-order valence-electron chi connectivity index (χ3n) is 3.58. The molecule has 110 valence electrons. The van der Waals surface area contributed by atoms with Crippen LogP contribution in [0.1, 0.15) is 17.9 Å². The van der Waals surface area contributed by atoms with Gasteiger partial charge in [-0.2, -0.15) is 0 Å². The maximum Gasteiger partial charge on any atom is 0.221 e.